The molecule has 2 aromatic carbocycles. The highest BCUT2D eigenvalue weighted by Crippen LogP contribution is 2.53. The van der Waals surface area contributed by atoms with Crippen LogP contribution in [0.3, 0.4) is 0 Å². The van der Waals surface area contributed by atoms with Crippen molar-refractivity contribution < 1.29 is 49.8 Å². The van der Waals surface area contributed by atoms with Gasteiger partial charge in [-0.3, -0.25) is 14.4 Å². The number of rotatable bonds is 5. The number of aliphatic hydroxyl groups is 4. The molecular formula is C28H31NO10. The van der Waals surface area contributed by atoms with Crippen molar-refractivity contribution in [2.24, 2.45) is 11.7 Å². The van der Waals surface area contributed by atoms with Gasteiger partial charge in [-0.25, -0.2) is 0 Å². The lowest BCUT2D eigenvalue weighted by molar-refractivity contribution is -0.129. The molecule has 2 aromatic rings. The van der Waals surface area contributed by atoms with E-state index in [0.717, 1.165) is 0 Å². The van der Waals surface area contributed by atoms with Crippen LogP contribution in [-0.2, 0) is 16.1 Å². The SMILES string of the molecule is CC1CC(OC2CC(O)C(C(=O)CO)c3c(O)c4c(c(O)c32)C(=O)c2c(CO)cccc2C4=O)CC(N)C1O. The molecule has 11 heteroatoms. The van der Waals surface area contributed by atoms with E-state index >= 15 is 0 Å². The Morgan fingerprint density at radius 1 is 0.974 bits per heavy atom. The molecule has 3 aliphatic rings. The molecule has 0 spiro atoms. The van der Waals surface area contributed by atoms with Crippen molar-refractivity contribution >= 4 is 17.3 Å². The van der Waals surface area contributed by atoms with Gasteiger partial charge >= 0.3 is 0 Å². The lowest BCUT2D eigenvalue weighted by Gasteiger charge is -2.41. The third kappa shape index (κ3) is 4.17. The molecule has 0 aromatic heterocycles. The number of nitrogens with two attached hydrogens (primary N) is 1. The van der Waals surface area contributed by atoms with Gasteiger partial charge in [-0.2, -0.15) is 0 Å². The van der Waals surface area contributed by atoms with E-state index < -0.39 is 89.6 Å². The number of phenols is 2. The van der Waals surface area contributed by atoms with Gasteiger partial charge in [0.1, 0.15) is 18.1 Å². The summed E-state index contributed by atoms with van der Waals surface area (Å²) in [6, 6.07) is 3.69. The number of hydrogen-bond donors (Lipinski definition) is 7. The fourth-order valence-electron chi connectivity index (χ4n) is 6.41. The quantitative estimate of drug-likeness (QED) is 0.219. The van der Waals surface area contributed by atoms with Gasteiger partial charge in [0.25, 0.3) is 0 Å². The van der Waals surface area contributed by atoms with E-state index in [9.17, 15) is 45.0 Å². The molecule has 7 atom stereocenters. The number of Topliss-reactive ketones (excluding diaryl/α,β-unsaturated/α-hetero) is 1. The zero-order valence-corrected chi connectivity index (χ0v) is 21.2. The summed E-state index contributed by atoms with van der Waals surface area (Å²) in [5, 5.41) is 63.6. The van der Waals surface area contributed by atoms with Gasteiger partial charge in [-0.05, 0) is 24.3 Å². The first kappa shape index (κ1) is 27.4. The number of ketones is 3. The van der Waals surface area contributed by atoms with Crippen LogP contribution in [0.5, 0.6) is 11.5 Å². The van der Waals surface area contributed by atoms with E-state index in [1.165, 1.54) is 18.2 Å². The van der Waals surface area contributed by atoms with Crippen molar-refractivity contribution in [3.63, 3.8) is 0 Å². The van der Waals surface area contributed by atoms with E-state index in [4.69, 9.17) is 10.5 Å². The molecule has 0 radical (unpaired) electrons. The molecule has 0 bridgehead atoms. The topological polar surface area (TPSA) is 208 Å². The Bertz CT molecular complexity index is 1360. The summed E-state index contributed by atoms with van der Waals surface area (Å²) in [5.74, 6) is -5.62. The van der Waals surface area contributed by atoms with Crippen LogP contribution < -0.4 is 5.73 Å². The normalized spacial score (nSPS) is 29.9. The zero-order valence-electron chi connectivity index (χ0n) is 21.2. The van der Waals surface area contributed by atoms with Crippen molar-refractivity contribution in [3.8, 4) is 11.5 Å². The Kier molecular flexibility index (Phi) is 7.08. The second-order valence-electron chi connectivity index (χ2n) is 10.7. The molecule has 0 saturated heterocycles. The van der Waals surface area contributed by atoms with Gasteiger partial charge in [0, 0.05) is 34.7 Å². The predicted molar refractivity (Wildman–Crippen MR) is 134 cm³/mol. The molecule has 0 heterocycles. The lowest BCUT2D eigenvalue weighted by Crippen LogP contribution is -2.48. The minimum Gasteiger partial charge on any atom is -0.507 e. The van der Waals surface area contributed by atoms with Gasteiger partial charge < -0.3 is 41.1 Å². The van der Waals surface area contributed by atoms with Crippen molar-refractivity contribution in [2.45, 2.75) is 69.2 Å². The summed E-state index contributed by atoms with van der Waals surface area (Å²) in [6.45, 7) is 0.276. The van der Waals surface area contributed by atoms with Gasteiger partial charge in [0.05, 0.1) is 48.1 Å². The Morgan fingerprint density at radius 2 is 1.64 bits per heavy atom. The summed E-state index contributed by atoms with van der Waals surface area (Å²) in [4.78, 5) is 40.0. The van der Waals surface area contributed by atoms with Crippen LogP contribution in [0.1, 0.15) is 86.7 Å². The fourth-order valence-corrected chi connectivity index (χ4v) is 6.41. The number of hydrogen-bond acceptors (Lipinski definition) is 11. The zero-order chi connectivity index (χ0) is 28.3. The van der Waals surface area contributed by atoms with Crippen LogP contribution in [0, 0.1) is 5.92 Å². The van der Waals surface area contributed by atoms with Gasteiger partial charge in [0.2, 0.25) is 0 Å². The summed E-state index contributed by atoms with van der Waals surface area (Å²) in [7, 11) is 0. The smallest absolute Gasteiger partial charge is 0.198 e. The Balaban J connectivity index is 1.71. The molecule has 0 aliphatic heterocycles. The Hall–Kier alpha value is -3.19. The molecule has 1 saturated carbocycles. The summed E-state index contributed by atoms with van der Waals surface area (Å²) < 4.78 is 6.25. The number of aliphatic hydroxyl groups excluding tert-OH is 4. The van der Waals surface area contributed by atoms with Gasteiger partial charge in [0.15, 0.2) is 17.3 Å². The minimum absolute atomic E-state index is 0.0911. The molecule has 39 heavy (non-hydrogen) atoms. The average Bonchev–Trinajstić information content (AvgIpc) is 2.91. The molecule has 0 amide bonds. The number of fused-ring (bicyclic) bond motifs is 3. The predicted octanol–water partition coefficient (Wildman–Crippen LogP) is 0.319. The highest BCUT2D eigenvalue weighted by Gasteiger charge is 2.48. The van der Waals surface area contributed by atoms with E-state index in [-0.39, 0.29) is 46.6 Å². The summed E-state index contributed by atoms with van der Waals surface area (Å²) >= 11 is 0. The molecule has 208 valence electrons. The van der Waals surface area contributed by atoms with Gasteiger partial charge in [-0.1, -0.05) is 25.1 Å². The van der Waals surface area contributed by atoms with Crippen molar-refractivity contribution in [1.82, 2.24) is 0 Å². The number of aromatic hydroxyl groups is 2. The highest BCUT2D eigenvalue weighted by atomic mass is 16.5. The largest absolute Gasteiger partial charge is 0.507 e. The third-order valence-corrected chi connectivity index (χ3v) is 8.30. The first-order valence-corrected chi connectivity index (χ1v) is 12.9. The standard InChI is InChI=1S/C28H31NO10/c1-10-5-12(6-14(29)24(10)34)39-17-7-15(32)19(16(33)9-31)21-20(17)27(37)23-22(28(21)38)25(35)13-4-2-3-11(8-30)18(13)26(23)36/h2-4,10,12,14-15,17,19,24,30-32,34,37-38H,5-9,29H2,1H3. The first-order chi connectivity index (χ1) is 18.5. The maximum atomic E-state index is 13.7. The Morgan fingerprint density at radius 3 is 2.28 bits per heavy atom. The van der Waals surface area contributed by atoms with Crippen LogP contribution in [0.2, 0.25) is 0 Å². The summed E-state index contributed by atoms with van der Waals surface area (Å²) in [5.41, 5.74) is 4.59. The number of ether oxygens (including phenoxy) is 1. The first-order valence-electron chi connectivity index (χ1n) is 12.9. The van der Waals surface area contributed by atoms with Gasteiger partial charge in [-0.15, -0.1) is 0 Å². The monoisotopic (exact) mass is 541 g/mol. The second-order valence-corrected chi connectivity index (χ2v) is 10.7. The molecule has 7 unspecified atom stereocenters. The maximum absolute atomic E-state index is 13.7. The third-order valence-electron chi connectivity index (χ3n) is 8.30. The fraction of sp³-hybridized carbons (Fsp3) is 0.464. The molecule has 1 fully saturated rings. The van der Waals surface area contributed by atoms with Crippen LogP contribution in [0.15, 0.2) is 18.2 Å². The molecule has 11 nitrogen and oxygen atoms in total. The Labute approximate surface area is 223 Å². The molecular weight excluding hydrogens is 510 g/mol. The highest BCUT2D eigenvalue weighted by molar-refractivity contribution is 6.31. The van der Waals surface area contributed by atoms with Crippen molar-refractivity contribution in [3.05, 3.63) is 57.1 Å². The molecule has 3 aliphatic carbocycles. The van der Waals surface area contributed by atoms with Crippen LogP contribution >= 0.6 is 0 Å². The average molecular weight is 542 g/mol. The number of carbonyl (C=O) groups is 3. The van der Waals surface area contributed by atoms with Crippen LogP contribution in [-0.4, -0.2) is 78.9 Å². The minimum atomic E-state index is -1.50. The maximum Gasteiger partial charge on any atom is 0.198 e. The summed E-state index contributed by atoms with van der Waals surface area (Å²) in [6.07, 6.45) is -3.40. The van der Waals surface area contributed by atoms with E-state index in [0.29, 0.717) is 6.42 Å². The van der Waals surface area contributed by atoms with E-state index in [1.54, 1.807) is 6.92 Å². The molecule has 8 N–H and O–H groups in total. The number of carbonyl (C=O) groups excluding carboxylic acids is 3. The van der Waals surface area contributed by atoms with Crippen LogP contribution in [0.4, 0.5) is 0 Å². The van der Waals surface area contributed by atoms with E-state index in [1.807, 2.05) is 0 Å². The number of phenolic OH excluding ortho intramolecular Hbond substituents is 2. The molecule has 5 rings (SSSR count). The van der Waals surface area contributed by atoms with E-state index in [2.05, 4.69) is 0 Å². The van der Waals surface area contributed by atoms with Crippen molar-refractivity contribution in [1.29, 1.82) is 0 Å². The van der Waals surface area contributed by atoms with Crippen LogP contribution in [0.25, 0.3) is 0 Å². The second kappa shape index (κ2) is 10.1. The van der Waals surface area contributed by atoms with Crippen molar-refractivity contribution in [2.75, 3.05) is 6.61 Å². The lowest BCUT2D eigenvalue weighted by atomic mass is 9.71. The number of benzene rings is 2.